The first-order chi connectivity index (χ1) is 15.9. The number of anilines is 3. The van der Waals surface area contributed by atoms with Crippen molar-refractivity contribution in [2.24, 2.45) is 0 Å². The van der Waals surface area contributed by atoms with Crippen LogP contribution in [-0.2, 0) is 0 Å². The van der Waals surface area contributed by atoms with Crippen LogP contribution in [0.15, 0.2) is 121 Å². The Morgan fingerprint density at radius 1 is 0.469 bits per heavy atom. The fourth-order valence-corrected chi connectivity index (χ4v) is 5.60. The molecule has 7 rings (SSSR count). The van der Waals surface area contributed by atoms with Crippen molar-refractivity contribution in [1.29, 1.82) is 0 Å². The lowest BCUT2D eigenvalue weighted by Gasteiger charge is -2.37. The first kappa shape index (κ1) is 17.6. The summed E-state index contributed by atoms with van der Waals surface area (Å²) in [6.45, 7) is 0.260. The van der Waals surface area contributed by atoms with Crippen molar-refractivity contribution in [3.63, 3.8) is 0 Å². The topological polar surface area (TPSA) is 3.24 Å². The minimum absolute atomic E-state index is 0.260. The first-order valence-electron chi connectivity index (χ1n) is 11.2. The predicted molar refractivity (Wildman–Crippen MR) is 137 cm³/mol. The van der Waals surface area contributed by atoms with Crippen molar-refractivity contribution in [3.8, 4) is 22.3 Å². The van der Waals surface area contributed by atoms with E-state index in [0.717, 1.165) is 0 Å². The Hall–Kier alpha value is -4.04. The van der Waals surface area contributed by atoms with Crippen LogP contribution in [-0.4, -0.2) is 6.71 Å². The van der Waals surface area contributed by atoms with E-state index in [0.29, 0.717) is 0 Å². The second-order valence-electron chi connectivity index (χ2n) is 8.54. The van der Waals surface area contributed by atoms with Gasteiger partial charge in [-0.05, 0) is 45.8 Å². The number of fused-ring (bicyclic) bond motifs is 5. The number of hydrogen-bond acceptors (Lipinski definition) is 1. The number of benzene rings is 5. The number of hydrogen-bond donors (Lipinski definition) is 0. The smallest absolute Gasteiger partial charge is 0.248 e. The van der Waals surface area contributed by atoms with Crippen molar-refractivity contribution in [2.45, 2.75) is 0 Å². The summed E-state index contributed by atoms with van der Waals surface area (Å²) in [6.07, 6.45) is 0. The summed E-state index contributed by atoms with van der Waals surface area (Å²) in [5.74, 6) is 0. The normalized spacial score (nSPS) is 12.9. The van der Waals surface area contributed by atoms with Gasteiger partial charge in [0.05, 0.1) is 0 Å². The SMILES string of the molecule is c1ccc(-c2ccc3c4c2N(c2ccccc2)c2ccccc2B4c2ccccc2-3)cc1. The molecule has 0 unspecified atom stereocenters. The van der Waals surface area contributed by atoms with Crippen LogP contribution in [0.5, 0.6) is 0 Å². The average Bonchev–Trinajstić information content (AvgIpc) is 3.21. The van der Waals surface area contributed by atoms with Crippen LogP contribution in [0, 0.1) is 0 Å². The van der Waals surface area contributed by atoms with E-state index in [2.05, 4.69) is 126 Å². The summed E-state index contributed by atoms with van der Waals surface area (Å²) in [4.78, 5) is 2.47. The average molecular weight is 405 g/mol. The summed E-state index contributed by atoms with van der Waals surface area (Å²) in [7, 11) is 0. The van der Waals surface area contributed by atoms with E-state index in [1.807, 2.05) is 0 Å². The molecule has 32 heavy (non-hydrogen) atoms. The molecule has 1 nitrogen and oxygen atoms in total. The van der Waals surface area contributed by atoms with Gasteiger partial charge in [-0.2, -0.15) is 0 Å². The van der Waals surface area contributed by atoms with Gasteiger partial charge in [-0.15, -0.1) is 0 Å². The van der Waals surface area contributed by atoms with Crippen molar-refractivity contribution < 1.29 is 0 Å². The van der Waals surface area contributed by atoms with E-state index in [1.54, 1.807) is 0 Å². The highest BCUT2D eigenvalue weighted by atomic mass is 15.2. The third kappa shape index (κ3) is 2.35. The molecule has 0 spiro atoms. The Bertz CT molecular complexity index is 1470. The molecule has 148 valence electrons. The van der Waals surface area contributed by atoms with Gasteiger partial charge in [0.2, 0.25) is 6.71 Å². The van der Waals surface area contributed by atoms with E-state index in [1.165, 1.54) is 55.7 Å². The van der Waals surface area contributed by atoms with E-state index in [-0.39, 0.29) is 6.71 Å². The molecule has 0 aliphatic carbocycles. The molecule has 2 aliphatic rings. The highest BCUT2D eigenvalue weighted by Crippen LogP contribution is 2.45. The molecule has 0 N–H and O–H groups in total. The molecule has 2 heteroatoms. The molecule has 0 aromatic heterocycles. The lowest BCUT2D eigenvalue weighted by Crippen LogP contribution is -2.54. The molecular weight excluding hydrogens is 385 g/mol. The van der Waals surface area contributed by atoms with Gasteiger partial charge in [-0.25, -0.2) is 0 Å². The van der Waals surface area contributed by atoms with E-state index < -0.39 is 0 Å². The number of para-hydroxylation sites is 2. The van der Waals surface area contributed by atoms with Crippen LogP contribution in [0.2, 0.25) is 0 Å². The fraction of sp³-hybridized carbons (Fsp3) is 0. The molecule has 0 bridgehead atoms. The molecule has 0 radical (unpaired) electrons. The van der Waals surface area contributed by atoms with Gasteiger partial charge >= 0.3 is 0 Å². The van der Waals surface area contributed by atoms with Crippen LogP contribution in [0.25, 0.3) is 22.3 Å². The Kier molecular flexibility index (Phi) is 3.71. The minimum Gasteiger partial charge on any atom is -0.311 e. The van der Waals surface area contributed by atoms with Gasteiger partial charge in [0.15, 0.2) is 0 Å². The lowest BCUT2D eigenvalue weighted by atomic mass is 9.37. The van der Waals surface area contributed by atoms with Crippen molar-refractivity contribution in [3.05, 3.63) is 121 Å². The van der Waals surface area contributed by atoms with Gasteiger partial charge < -0.3 is 4.90 Å². The molecule has 0 amide bonds. The summed E-state index contributed by atoms with van der Waals surface area (Å²) in [6, 6.07) is 44.0. The zero-order valence-electron chi connectivity index (χ0n) is 17.6. The molecule has 0 fully saturated rings. The number of rotatable bonds is 2. The van der Waals surface area contributed by atoms with Crippen LogP contribution in [0.1, 0.15) is 0 Å². The van der Waals surface area contributed by atoms with Crippen molar-refractivity contribution >= 4 is 40.2 Å². The fourth-order valence-electron chi connectivity index (χ4n) is 5.60. The van der Waals surface area contributed by atoms with Gasteiger partial charge in [0.1, 0.15) is 0 Å². The van der Waals surface area contributed by atoms with Gasteiger partial charge in [-0.3, -0.25) is 0 Å². The Balaban J connectivity index is 1.64. The third-order valence-electron chi connectivity index (χ3n) is 6.88. The maximum Gasteiger partial charge on any atom is 0.248 e. The second-order valence-corrected chi connectivity index (χ2v) is 8.54. The summed E-state index contributed by atoms with van der Waals surface area (Å²) < 4.78 is 0. The first-order valence-corrected chi connectivity index (χ1v) is 11.2. The van der Waals surface area contributed by atoms with Gasteiger partial charge in [0.25, 0.3) is 0 Å². The zero-order chi connectivity index (χ0) is 21.1. The third-order valence-corrected chi connectivity index (χ3v) is 6.88. The minimum atomic E-state index is 0.260. The second kappa shape index (κ2) is 6.73. The molecule has 0 saturated heterocycles. The standard InChI is InChI=1S/C30H20BN/c1-3-11-21(12-4-1)23-19-20-25-24-15-7-8-16-26(24)31-27-17-9-10-18-28(27)32(30(23)29(25)31)22-13-5-2-6-14-22/h1-20H. The van der Waals surface area contributed by atoms with Crippen LogP contribution >= 0.6 is 0 Å². The van der Waals surface area contributed by atoms with Crippen LogP contribution in [0.4, 0.5) is 17.1 Å². The predicted octanol–water partition coefficient (Wildman–Crippen LogP) is 5.63. The molecule has 2 aliphatic heterocycles. The van der Waals surface area contributed by atoms with Crippen molar-refractivity contribution in [2.75, 3.05) is 4.90 Å². The molecular formula is C30H20BN. The molecule has 5 aromatic rings. The lowest BCUT2D eigenvalue weighted by molar-refractivity contribution is 1.30. The molecule has 0 atom stereocenters. The van der Waals surface area contributed by atoms with Crippen LogP contribution in [0.3, 0.4) is 0 Å². The maximum atomic E-state index is 2.47. The van der Waals surface area contributed by atoms with Crippen LogP contribution < -0.4 is 21.3 Å². The summed E-state index contributed by atoms with van der Waals surface area (Å²) in [5.41, 5.74) is 13.2. The Morgan fingerprint density at radius 3 is 1.91 bits per heavy atom. The highest BCUT2D eigenvalue weighted by Gasteiger charge is 2.43. The Labute approximate surface area is 188 Å². The summed E-state index contributed by atoms with van der Waals surface area (Å²) in [5, 5.41) is 0. The maximum absolute atomic E-state index is 2.47. The van der Waals surface area contributed by atoms with E-state index in [4.69, 9.17) is 0 Å². The van der Waals surface area contributed by atoms with Crippen molar-refractivity contribution in [1.82, 2.24) is 0 Å². The zero-order valence-corrected chi connectivity index (χ0v) is 17.6. The van der Waals surface area contributed by atoms with E-state index in [9.17, 15) is 0 Å². The summed E-state index contributed by atoms with van der Waals surface area (Å²) >= 11 is 0. The molecule has 5 aromatic carbocycles. The molecule has 2 heterocycles. The van der Waals surface area contributed by atoms with Gasteiger partial charge in [0, 0.05) is 22.6 Å². The van der Waals surface area contributed by atoms with E-state index >= 15 is 0 Å². The van der Waals surface area contributed by atoms with Gasteiger partial charge in [-0.1, -0.05) is 109 Å². The monoisotopic (exact) mass is 405 g/mol. The largest absolute Gasteiger partial charge is 0.311 e. The quantitative estimate of drug-likeness (QED) is 0.337. The Morgan fingerprint density at radius 2 is 1.09 bits per heavy atom. The molecule has 0 saturated carbocycles. The number of nitrogens with zero attached hydrogens (tertiary/aromatic N) is 1. The highest BCUT2D eigenvalue weighted by molar-refractivity contribution is 7.01.